The van der Waals surface area contributed by atoms with Gasteiger partial charge in [0.05, 0.1) is 5.69 Å². The molecule has 0 aliphatic heterocycles. The third kappa shape index (κ3) is 2.66. The van der Waals surface area contributed by atoms with Crippen molar-refractivity contribution in [3.63, 3.8) is 0 Å². The topological polar surface area (TPSA) is 46.4 Å². The van der Waals surface area contributed by atoms with Crippen molar-refractivity contribution < 1.29 is 4.79 Å². The second-order valence-electron chi connectivity index (χ2n) is 4.92. The van der Waals surface area contributed by atoms with Gasteiger partial charge in [-0.25, -0.2) is 4.98 Å². The van der Waals surface area contributed by atoms with Gasteiger partial charge in [0, 0.05) is 16.7 Å². The van der Waals surface area contributed by atoms with Crippen molar-refractivity contribution in [1.82, 2.24) is 14.7 Å². The minimum absolute atomic E-state index is 0.0724. The third-order valence-electron chi connectivity index (χ3n) is 2.91. The van der Waals surface area contributed by atoms with Crippen LogP contribution in [0.4, 0.5) is 0 Å². The summed E-state index contributed by atoms with van der Waals surface area (Å²) in [5.74, 6) is -0.0724. The number of nitrogens with one attached hydrogen (secondary N) is 1. The summed E-state index contributed by atoms with van der Waals surface area (Å²) < 4.78 is 2.81. The molecule has 0 saturated carbocycles. The molecule has 0 spiro atoms. The number of amides is 1. The number of hydrogen-bond donors (Lipinski definition) is 1. The molecule has 1 amide bonds. The molecule has 4 nitrogen and oxygen atoms in total. The van der Waals surface area contributed by atoms with Crippen LogP contribution in [0.1, 0.15) is 42.5 Å². The number of imidazole rings is 1. The van der Waals surface area contributed by atoms with E-state index in [1.54, 1.807) is 0 Å². The first-order chi connectivity index (χ1) is 8.93. The molecular formula is C14H18BrN3O. The van der Waals surface area contributed by atoms with Crippen LogP contribution in [0.3, 0.4) is 0 Å². The molecule has 0 fully saturated rings. The Morgan fingerprint density at radius 2 is 2.21 bits per heavy atom. The zero-order valence-electron chi connectivity index (χ0n) is 11.6. The first-order valence-corrected chi connectivity index (χ1v) is 7.21. The Labute approximate surface area is 121 Å². The van der Waals surface area contributed by atoms with Gasteiger partial charge in [-0.15, -0.1) is 0 Å². The molecule has 0 atom stereocenters. The predicted molar refractivity (Wildman–Crippen MR) is 79.6 cm³/mol. The van der Waals surface area contributed by atoms with E-state index in [1.165, 1.54) is 0 Å². The lowest BCUT2D eigenvalue weighted by Gasteiger charge is -2.09. The van der Waals surface area contributed by atoms with E-state index in [9.17, 15) is 4.79 Å². The molecule has 2 aromatic rings. The smallest absolute Gasteiger partial charge is 0.270 e. The summed E-state index contributed by atoms with van der Waals surface area (Å²) in [6.45, 7) is 7.91. The van der Waals surface area contributed by atoms with Crippen LogP contribution < -0.4 is 5.32 Å². The van der Waals surface area contributed by atoms with Crippen molar-refractivity contribution in [3.8, 4) is 0 Å². The average Bonchev–Trinajstić information content (AvgIpc) is 2.66. The zero-order valence-corrected chi connectivity index (χ0v) is 13.2. The Morgan fingerprint density at radius 1 is 1.53 bits per heavy atom. The first kappa shape index (κ1) is 14.1. The number of fused-ring (bicyclic) bond motifs is 1. The molecule has 0 radical (unpaired) electrons. The van der Waals surface area contributed by atoms with Gasteiger partial charge in [0.1, 0.15) is 11.3 Å². The van der Waals surface area contributed by atoms with Gasteiger partial charge in [-0.1, -0.05) is 6.92 Å². The molecule has 0 aliphatic carbocycles. The van der Waals surface area contributed by atoms with Gasteiger partial charge in [-0.2, -0.15) is 0 Å². The summed E-state index contributed by atoms with van der Waals surface area (Å²) in [7, 11) is 0. The number of nitrogens with zero attached hydrogens (tertiary/aromatic N) is 2. The maximum Gasteiger partial charge on any atom is 0.270 e. The number of halogens is 1. The lowest BCUT2D eigenvalue weighted by atomic mass is 10.2. The van der Waals surface area contributed by atoms with Crippen molar-refractivity contribution in [2.24, 2.45) is 0 Å². The van der Waals surface area contributed by atoms with Crippen molar-refractivity contribution in [2.75, 3.05) is 0 Å². The minimum atomic E-state index is -0.0724. The summed E-state index contributed by atoms with van der Waals surface area (Å²) in [5.41, 5.74) is 3.36. The van der Waals surface area contributed by atoms with Gasteiger partial charge in [-0.3, -0.25) is 9.20 Å². The zero-order chi connectivity index (χ0) is 14.2. The molecule has 0 saturated heterocycles. The summed E-state index contributed by atoms with van der Waals surface area (Å²) in [6.07, 6.45) is 2.63. The molecule has 2 rings (SSSR count). The first-order valence-electron chi connectivity index (χ1n) is 6.42. The second-order valence-corrected chi connectivity index (χ2v) is 5.84. The van der Waals surface area contributed by atoms with Gasteiger partial charge in [0.15, 0.2) is 0 Å². The summed E-state index contributed by atoms with van der Waals surface area (Å²) in [4.78, 5) is 16.9. The van der Waals surface area contributed by atoms with Gasteiger partial charge in [0.2, 0.25) is 0 Å². The van der Waals surface area contributed by atoms with Crippen LogP contribution in [0, 0.1) is 6.92 Å². The quantitative estimate of drug-likeness (QED) is 0.943. The van der Waals surface area contributed by atoms with Crippen LogP contribution in [-0.2, 0) is 6.42 Å². The number of aromatic nitrogens is 2. The molecule has 1 N–H and O–H groups in total. The van der Waals surface area contributed by atoms with Crippen LogP contribution in [0.2, 0.25) is 0 Å². The number of carbonyl (C=O) groups excluding carboxylic acids is 1. The normalized spacial score (nSPS) is 11.3. The fraction of sp³-hybridized carbons (Fsp3) is 0.429. The molecule has 0 aliphatic rings. The molecule has 2 heterocycles. The highest BCUT2D eigenvalue weighted by Gasteiger charge is 2.19. The SMILES string of the molecule is CCc1nc2c(C)cc(Br)cn2c1C(=O)NC(C)C. The lowest BCUT2D eigenvalue weighted by Crippen LogP contribution is -2.31. The summed E-state index contributed by atoms with van der Waals surface area (Å²) >= 11 is 3.47. The number of pyridine rings is 1. The van der Waals surface area contributed by atoms with Crippen LogP contribution >= 0.6 is 15.9 Å². The molecular weight excluding hydrogens is 306 g/mol. The number of aryl methyl sites for hydroxylation is 2. The van der Waals surface area contributed by atoms with Gasteiger partial charge in [-0.05, 0) is 54.8 Å². The van der Waals surface area contributed by atoms with Crippen molar-refractivity contribution in [2.45, 2.75) is 40.2 Å². The number of rotatable bonds is 3. The van der Waals surface area contributed by atoms with Gasteiger partial charge in [0.25, 0.3) is 5.91 Å². The third-order valence-corrected chi connectivity index (χ3v) is 3.35. The van der Waals surface area contributed by atoms with E-state index in [2.05, 4.69) is 26.2 Å². The molecule has 5 heteroatoms. The fourth-order valence-corrected chi connectivity index (χ4v) is 2.68. The Kier molecular flexibility index (Phi) is 3.94. The minimum Gasteiger partial charge on any atom is -0.349 e. The Morgan fingerprint density at radius 3 is 2.79 bits per heavy atom. The standard InChI is InChI=1S/C14H18BrN3O/c1-5-11-12(14(19)16-8(2)3)18-7-10(15)6-9(4)13(18)17-11/h6-8H,5H2,1-4H3,(H,16,19). The fourth-order valence-electron chi connectivity index (χ4n) is 2.13. The van der Waals surface area contributed by atoms with Crippen LogP contribution in [0.15, 0.2) is 16.7 Å². The molecule has 2 aromatic heterocycles. The number of carbonyl (C=O) groups is 1. The van der Waals surface area contributed by atoms with E-state index in [1.807, 2.05) is 44.4 Å². The maximum absolute atomic E-state index is 12.3. The average molecular weight is 324 g/mol. The van der Waals surface area contributed by atoms with Gasteiger partial charge >= 0.3 is 0 Å². The van der Waals surface area contributed by atoms with Crippen molar-refractivity contribution >= 4 is 27.5 Å². The van der Waals surface area contributed by atoms with E-state index in [0.717, 1.165) is 27.8 Å². The second kappa shape index (κ2) is 5.33. The monoisotopic (exact) mass is 323 g/mol. The molecule has 0 bridgehead atoms. The van der Waals surface area contributed by atoms with E-state index in [4.69, 9.17) is 0 Å². The highest BCUT2D eigenvalue weighted by atomic mass is 79.9. The van der Waals surface area contributed by atoms with Gasteiger partial charge < -0.3 is 5.32 Å². The molecule has 0 aromatic carbocycles. The van der Waals surface area contributed by atoms with E-state index in [0.29, 0.717) is 5.69 Å². The lowest BCUT2D eigenvalue weighted by molar-refractivity contribution is 0.0936. The summed E-state index contributed by atoms with van der Waals surface area (Å²) in [5, 5.41) is 2.94. The molecule has 19 heavy (non-hydrogen) atoms. The van der Waals surface area contributed by atoms with Crippen LogP contribution in [0.25, 0.3) is 5.65 Å². The van der Waals surface area contributed by atoms with Crippen LogP contribution in [-0.4, -0.2) is 21.3 Å². The highest BCUT2D eigenvalue weighted by molar-refractivity contribution is 9.10. The largest absolute Gasteiger partial charge is 0.349 e. The Hall–Kier alpha value is -1.36. The molecule has 0 unspecified atom stereocenters. The predicted octanol–water partition coefficient (Wildman–Crippen LogP) is 3.11. The van der Waals surface area contributed by atoms with Crippen molar-refractivity contribution in [3.05, 3.63) is 33.7 Å². The van der Waals surface area contributed by atoms with E-state index < -0.39 is 0 Å². The van der Waals surface area contributed by atoms with E-state index >= 15 is 0 Å². The summed E-state index contributed by atoms with van der Waals surface area (Å²) in [6, 6.07) is 2.11. The Bertz CT molecular complexity index is 631. The molecule has 102 valence electrons. The number of hydrogen-bond acceptors (Lipinski definition) is 2. The van der Waals surface area contributed by atoms with Crippen molar-refractivity contribution in [1.29, 1.82) is 0 Å². The highest BCUT2D eigenvalue weighted by Crippen LogP contribution is 2.21. The van der Waals surface area contributed by atoms with Crippen LogP contribution in [0.5, 0.6) is 0 Å². The maximum atomic E-state index is 12.3. The van der Waals surface area contributed by atoms with E-state index in [-0.39, 0.29) is 11.9 Å². The Balaban J connectivity index is 2.66.